The Labute approximate surface area is 128 Å². The number of carbonyl (C=O) groups excluding carboxylic acids is 1. The molecule has 0 atom stereocenters. The lowest BCUT2D eigenvalue weighted by Crippen LogP contribution is -2.16. The topological polar surface area (TPSA) is 79.5 Å². The molecule has 5 nitrogen and oxygen atoms in total. The number of fused-ring (bicyclic) bond motifs is 1. The molecule has 0 bridgehead atoms. The standard InChI is InChI=1S/C15H10F3NO4/c16-15(17,18)12-7-10(8-14(21)22-5-1-4-19)23-13-6-9(20)2-3-11(12)13/h2-3,6-8,20H,1,5H2. The Morgan fingerprint density at radius 3 is 2.83 bits per heavy atom. The van der Waals surface area contributed by atoms with Gasteiger partial charge in [-0.2, -0.15) is 18.4 Å². The van der Waals surface area contributed by atoms with Crippen molar-refractivity contribution in [2.45, 2.75) is 12.6 Å². The first-order valence-corrected chi connectivity index (χ1v) is 6.37. The number of hydrogen-bond acceptors (Lipinski definition) is 5. The third kappa shape index (κ3) is 4.03. The molecular weight excluding hydrogens is 315 g/mol. The van der Waals surface area contributed by atoms with Crippen LogP contribution in [0.5, 0.6) is 11.5 Å². The smallest absolute Gasteiger partial charge is 0.417 e. The minimum absolute atomic E-state index is 0.0316. The van der Waals surface area contributed by atoms with E-state index in [-0.39, 0.29) is 35.8 Å². The van der Waals surface area contributed by atoms with Gasteiger partial charge in [0.15, 0.2) is 0 Å². The summed E-state index contributed by atoms with van der Waals surface area (Å²) in [7, 11) is 0. The molecule has 0 fully saturated rings. The van der Waals surface area contributed by atoms with Crippen molar-refractivity contribution in [2.75, 3.05) is 6.61 Å². The van der Waals surface area contributed by atoms with Gasteiger partial charge in [0, 0.05) is 11.6 Å². The number of rotatable bonds is 3. The highest BCUT2D eigenvalue weighted by Gasteiger charge is 2.38. The van der Waals surface area contributed by atoms with Gasteiger partial charge in [-0.05, 0) is 18.2 Å². The number of ether oxygens (including phenoxy) is 2. The predicted octanol–water partition coefficient (Wildman–Crippen LogP) is 3.07. The molecule has 0 aromatic heterocycles. The lowest BCUT2D eigenvalue weighted by atomic mass is 10.0. The van der Waals surface area contributed by atoms with Crippen LogP contribution in [0.3, 0.4) is 0 Å². The summed E-state index contributed by atoms with van der Waals surface area (Å²) in [5.41, 5.74) is -1.25. The second kappa shape index (κ2) is 6.44. The van der Waals surface area contributed by atoms with Crippen molar-refractivity contribution >= 4 is 11.5 Å². The number of alkyl halides is 3. The maximum Gasteiger partial charge on any atom is 0.417 e. The molecule has 1 aliphatic rings. The van der Waals surface area contributed by atoms with E-state index in [1.165, 1.54) is 0 Å². The van der Waals surface area contributed by atoms with Crippen LogP contribution in [0, 0.1) is 11.3 Å². The molecule has 0 unspecified atom stereocenters. The van der Waals surface area contributed by atoms with E-state index in [0.29, 0.717) is 6.08 Å². The molecule has 0 amide bonds. The molecule has 1 aliphatic heterocycles. The highest BCUT2D eigenvalue weighted by molar-refractivity contribution is 5.86. The Morgan fingerprint density at radius 2 is 2.17 bits per heavy atom. The van der Waals surface area contributed by atoms with Crippen LogP contribution in [0.15, 0.2) is 36.1 Å². The van der Waals surface area contributed by atoms with E-state index in [4.69, 9.17) is 10.00 Å². The zero-order chi connectivity index (χ0) is 17.0. The molecule has 1 N–H and O–H groups in total. The van der Waals surface area contributed by atoms with Crippen molar-refractivity contribution in [1.82, 2.24) is 0 Å². The Hall–Kier alpha value is -2.95. The molecule has 2 rings (SSSR count). The normalized spacial score (nSPS) is 15.2. The number of phenolic OH excluding ortho intramolecular Hbond substituents is 1. The van der Waals surface area contributed by atoms with Crippen LogP contribution >= 0.6 is 0 Å². The summed E-state index contributed by atoms with van der Waals surface area (Å²) in [6.45, 7) is -0.174. The molecule has 0 saturated heterocycles. The van der Waals surface area contributed by atoms with Crippen molar-refractivity contribution < 1.29 is 32.5 Å². The van der Waals surface area contributed by atoms with Crippen LogP contribution in [0.4, 0.5) is 13.2 Å². The summed E-state index contributed by atoms with van der Waals surface area (Å²) in [4.78, 5) is 11.5. The van der Waals surface area contributed by atoms with Crippen LogP contribution < -0.4 is 4.74 Å². The van der Waals surface area contributed by atoms with E-state index in [1.807, 2.05) is 0 Å². The predicted molar refractivity (Wildman–Crippen MR) is 72.0 cm³/mol. The number of benzene rings is 1. The van der Waals surface area contributed by atoms with Gasteiger partial charge in [-0.25, -0.2) is 4.79 Å². The van der Waals surface area contributed by atoms with E-state index in [0.717, 1.165) is 24.3 Å². The Morgan fingerprint density at radius 1 is 1.43 bits per heavy atom. The quantitative estimate of drug-likeness (QED) is 0.525. The van der Waals surface area contributed by atoms with Gasteiger partial charge in [-0.15, -0.1) is 0 Å². The molecule has 8 heteroatoms. The van der Waals surface area contributed by atoms with Crippen molar-refractivity contribution in [3.63, 3.8) is 0 Å². The zero-order valence-corrected chi connectivity index (χ0v) is 11.6. The van der Waals surface area contributed by atoms with Gasteiger partial charge < -0.3 is 14.6 Å². The molecule has 0 spiro atoms. The molecule has 120 valence electrons. The first kappa shape index (κ1) is 16.4. The molecule has 0 radical (unpaired) electrons. The second-order valence-corrected chi connectivity index (χ2v) is 4.46. The summed E-state index contributed by atoms with van der Waals surface area (Å²) in [6.07, 6.45) is -3.28. The van der Waals surface area contributed by atoms with Gasteiger partial charge in [0.05, 0.1) is 24.1 Å². The molecule has 1 aromatic rings. The summed E-state index contributed by atoms with van der Waals surface area (Å²) >= 11 is 0. The minimum atomic E-state index is -4.67. The Kier molecular flexibility index (Phi) is 4.60. The van der Waals surface area contributed by atoms with Gasteiger partial charge in [-0.3, -0.25) is 0 Å². The molecule has 0 saturated carbocycles. The first-order chi connectivity index (χ1) is 10.8. The first-order valence-electron chi connectivity index (χ1n) is 6.37. The van der Waals surface area contributed by atoms with Gasteiger partial charge in [0.25, 0.3) is 0 Å². The van der Waals surface area contributed by atoms with Crippen molar-refractivity contribution in [3.05, 3.63) is 41.7 Å². The van der Waals surface area contributed by atoms with E-state index in [9.17, 15) is 23.1 Å². The lowest BCUT2D eigenvalue weighted by molar-refractivity contribution is -0.137. The SMILES string of the molecule is N#CCCOC(=O)C=C1C=C(C(F)(F)F)c2ccc(O)cc2O1. The van der Waals surface area contributed by atoms with Crippen LogP contribution in [0.1, 0.15) is 12.0 Å². The van der Waals surface area contributed by atoms with Gasteiger partial charge in [0.2, 0.25) is 0 Å². The number of nitrogens with zero attached hydrogens (tertiary/aromatic N) is 1. The number of allylic oxidation sites excluding steroid dienone is 2. The van der Waals surface area contributed by atoms with Crippen LogP contribution in [0.2, 0.25) is 0 Å². The molecule has 1 aromatic carbocycles. The monoisotopic (exact) mass is 325 g/mol. The molecule has 23 heavy (non-hydrogen) atoms. The maximum atomic E-state index is 13.1. The van der Waals surface area contributed by atoms with E-state index in [2.05, 4.69) is 4.74 Å². The zero-order valence-electron chi connectivity index (χ0n) is 11.6. The number of nitriles is 1. The number of hydrogen-bond donors (Lipinski definition) is 1. The largest absolute Gasteiger partial charge is 0.508 e. The third-order valence-corrected chi connectivity index (χ3v) is 2.79. The fraction of sp³-hybridized carbons (Fsp3) is 0.200. The van der Waals surface area contributed by atoms with Crippen LogP contribution in [-0.2, 0) is 9.53 Å². The average Bonchev–Trinajstić information content (AvgIpc) is 2.45. The van der Waals surface area contributed by atoms with Gasteiger partial charge in [-0.1, -0.05) is 0 Å². The number of aromatic hydroxyl groups is 1. The molecule has 0 aliphatic carbocycles. The van der Waals surface area contributed by atoms with Gasteiger partial charge in [0.1, 0.15) is 23.9 Å². The van der Waals surface area contributed by atoms with Gasteiger partial charge >= 0.3 is 12.1 Å². The second-order valence-electron chi connectivity index (χ2n) is 4.46. The lowest BCUT2D eigenvalue weighted by Gasteiger charge is -2.22. The summed E-state index contributed by atoms with van der Waals surface area (Å²) in [5.74, 6) is -1.81. The fourth-order valence-electron chi connectivity index (χ4n) is 1.86. The van der Waals surface area contributed by atoms with E-state index in [1.54, 1.807) is 6.07 Å². The van der Waals surface area contributed by atoms with E-state index < -0.39 is 17.7 Å². The highest BCUT2D eigenvalue weighted by atomic mass is 19.4. The Bertz CT molecular complexity index is 729. The van der Waals surface area contributed by atoms with Crippen LogP contribution in [0.25, 0.3) is 5.57 Å². The average molecular weight is 325 g/mol. The number of halogens is 3. The van der Waals surface area contributed by atoms with Crippen molar-refractivity contribution in [1.29, 1.82) is 5.26 Å². The minimum Gasteiger partial charge on any atom is -0.508 e. The van der Waals surface area contributed by atoms with Crippen molar-refractivity contribution in [3.8, 4) is 17.6 Å². The highest BCUT2D eigenvalue weighted by Crippen LogP contribution is 2.43. The Balaban J connectivity index is 2.34. The molecular formula is C15H10F3NO4. The summed E-state index contributed by atoms with van der Waals surface area (Å²) < 4.78 is 49.2. The summed E-state index contributed by atoms with van der Waals surface area (Å²) in [5, 5.41) is 17.7. The number of phenols is 1. The maximum absolute atomic E-state index is 13.1. The summed E-state index contributed by atoms with van der Waals surface area (Å²) in [6, 6.07) is 4.95. The van der Waals surface area contributed by atoms with Crippen molar-refractivity contribution in [2.24, 2.45) is 0 Å². The number of esters is 1. The third-order valence-electron chi connectivity index (χ3n) is 2.79. The van der Waals surface area contributed by atoms with Crippen LogP contribution in [-0.4, -0.2) is 23.9 Å². The fourth-order valence-corrected chi connectivity index (χ4v) is 1.86. The van der Waals surface area contributed by atoms with E-state index >= 15 is 0 Å². The molecule has 1 heterocycles. The number of carbonyl (C=O) groups is 1.